The highest BCUT2D eigenvalue weighted by Gasteiger charge is 2.05. The number of ketones is 1. The molecule has 0 fully saturated rings. The molecule has 0 saturated heterocycles. The van der Waals surface area contributed by atoms with Gasteiger partial charge in [-0.05, 0) is 20.3 Å². The van der Waals surface area contributed by atoms with E-state index in [4.69, 9.17) is 0 Å². The van der Waals surface area contributed by atoms with Crippen LogP contribution < -0.4 is 0 Å². The van der Waals surface area contributed by atoms with Gasteiger partial charge in [-0.1, -0.05) is 29.4 Å². The molecule has 0 aliphatic heterocycles. The summed E-state index contributed by atoms with van der Waals surface area (Å²) in [6.07, 6.45) is 9.89. The molecular weight excluding hydrogens is 148 g/mol. The number of Topliss-reactive ketones (excluding diaryl/α,β-unsaturated/α-hetero) is 1. The minimum atomic E-state index is 0.0923. The van der Waals surface area contributed by atoms with E-state index in [1.165, 1.54) is 11.1 Å². The second-order valence-electron chi connectivity index (χ2n) is 3.22. The molecular formula is C11H13O. The maximum absolute atomic E-state index is 10.9. The SMILES string of the molecule is CC(C)=CCC1=CC=[C]C(=O)C1. The van der Waals surface area contributed by atoms with Crippen LogP contribution in [0.4, 0.5) is 0 Å². The van der Waals surface area contributed by atoms with E-state index >= 15 is 0 Å². The van der Waals surface area contributed by atoms with Gasteiger partial charge < -0.3 is 0 Å². The first-order chi connectivity index (χ1) is 5.68. The minimum absolute atomic E-state index is 0.0923. The number of hydrogen-bond donors (Lipinski definition) is 0. The van der Waals surface area contributed by atoms with Gasteiger partial charge in [-0.3, -0.25) is 4.79 Å². The Kier molecular flexibility index (Phi) is 3.03. The van der Waals surface area contributed by atoms with E-state index in [2.05, 4.69) is 26.0 Å². The number of carbonyl (C=O) groups excluding carboxylic acids is 1. The normalized spacial score (nSPS) is 15.8. The fourth-order valence-corrected chi connectivity index (χ4v) is 1.04. The summed E-state index contributed by atoms with van der Waals surface area (Å²) < 4.78 is 0. The molecule has 0 bridgehead atoms. The Morgan fingerprint density at radius 1 is 1.67 bits per heavy atom. The molecule has 1 aliphatic carbocycles. The highest BCUT2D eigenvalue weighted by molar-refractivity contribution is 5.89. The van der Waals surface area contributed by atoms with E-state index in [1.54, 1.807) is 6.08 Å². The molecule has 0 aromatic heterocycles. The lowest BCUT2D eigenvalue weighted by molar-refractivity contribution is -0.114. The summed E-state index contributed by atoms with van der Waals surface area (Å²) >= 11 is 0. The molecule has 63 valence electrons. The molecule has 0 unspecified atom stereocenters. The Morgan fingerprint density at radius 2 is 2.42 bits per heavy atom. The van der Waals surface area contributed by atoms with Gasteiger partial charge in [-0.25, -0.2) is 0 Å². The molecule has 1 aliphatic rings. The number of carbonyl (C=O) groups is 1. The largest absolute Gasteiger partial charge is 0.294 e. The van der Waals surface area contributed by atoms with E-state index in [0.717, 1.165) is 6.42 Å². The van der Waals surface area contributed by atoms with Crippen LogP contribution in [-0.4, -0.2) is 5.78 Å². The van der Waals surface area contributed by atoms with Crippen molar-refractivity contribution in [1.82, 2.24) is 0 Å². The fraction of sp³-hybridized carbons (Fsp3) is 0.364. The zero-order chi connectivity index (χ0) is 8.97. The topological polar surface area (TPSA) is 17.1 Å². The molecule has 0 N–H and O–H groups in total. The Morgan fingerprint density at radius 3 is 3.00 bits per heavy atom. The molecule has 12 heavy (non-hydrogen) atoms. The zero-order valence-electron chi connectivity index (χ0n) is 7.55. The molecule has 0 spiro atoms. The molecule has 0 amide bonds. The van der Waals surface area contributed by atoms with Gasteiger partial charge in [-0.2, -0.15) is 0 Å². The van der Waals surface area contributed by atoms with Crippen molar-refractivity contribution >= 4 is 5.78 Å². The van der Waals surface area contributed by atoms with E-state index < -0.39 is 0 Å². The highest BCUT2D eigenvalue weighted by atomic mass is 16.1. The van der Waals surface area contributed by atoms with Crippen molar-refractivity contribution in [3.05, 3.63) is 35.5 Å². The van der Waals surface area contributed by atoms with Crippen LogP contribution in [0.3, 0.4) is 0 Å². The molecule has 1 nitrogen and oxygen atoms in total. The summed E-state index contributed by atoms with van der Waals surface area (Å²) in [6.45, 7) is 4.13. The number of hydrogen-bond acceptors (Lipinski definition) is 1. The van der Waals surface area contributed by atoms with E-state index in [0.29, 0.717) is 6.42 Å². The monoisotopic (exact) mass is 161 g/mol. The molecule has 1 heteroatoms. The molecule has 1 rings (SSSR count). The zero-order valence-corrected chi connectivity index (χ0v) is 7.55. The maximum Gasteiger partial charge on any atom is 0.167 e. The van der Waals surface area contributed by atoms with Gasteiger partial charge in [0.15, 0.2) is 5.78 Å². The van der Waals surface area contributed by atoms with Gasteiger partial charge in [-0.15, -0.1) is 0 Å². The van der Waals surface area contributed by atoms with Crippen LogP contribution in [0.25, 0.3) is 0 Å². The first-order valence-corrected chi connectivity index (χ1v) is 4.12. The maximum atomic E-state index is 10.9. The summed E-state index contributed by atoms with van der Waals surface area (Å²) in [4.78, 5) is 10.9. The Balaban J connectivity index is 2.54. The van der Waals surface area contributed by atoms with Crippen LogP contribution in [0.15, 0.2) is 29.4 Å². The van der Waals surface area contributed by atoms with Crippen LogP contribution in [-0.2, 0) is 4.79 Å². The molecule has 0 aromatic carbocycles. The number of rotatable bonds is 2. The summed E-state index contributed by atoms with van der Waals surface area (Å²) in [5, 5.41) is 0. The van der Waals surface area contributed by atoms with Crippen molar-refractivity contribution < 1.29 is 4.79 Å². The standard InChI is InChI=1S/C11H13O/c1-9(2)6-7-10-4-3-5-11(12)8-10/h3-4,6H,7-8H2,1-2H3. The predicted octanol–water partition coefficient (Wildman–Crippen LogP) is 2.60. The average Bonchev–Trinajstić information content (AvgIpc) is 2.01. The van der Waals surface area contributed by atoms with Crippen molar-refractivity contribution in [3.8, 4) is 0 Å². The lowest BCUT2D eigenvalue weighted by Crippen LogP contribution is -1.99. The van der Waals surface area contributed by atoms with Crippen LogP contribution in [0.5, 0.6) is 0 Å². The highest BCUT2D eigenvalue weighted by Crippen LogP contribution is 2.13. The average molecular weight is 161 g/mol. The van der Waals surface area contributed by atoms with Crippen molar-refractivity contribution in [2.45, 2.75) is 26.7 Å². The van der Waals surface area contributed by atoms with Crippen molar-refractivity contribution in [2.24, 2.45) is 0 Å². The summed E-state index contributed by atoms with van der Waals surface area (Å²) in [6, 6.07) is 0. The minimum Gasteiger partial charge on any atom is -0.294 e. The third-order valence-electron chi connectivity index (χ3n) is 1.72. The second kappa shape index (κ2) is 4.05. The fourth-order valence-electron chi connectivity index (χ4n) is 1.04. The van der Waals surface area contributed by atoms with Gasteiger partial charge >= 0.3 is 0 Å². The first-order valence-electron chi connectivity index (χ1n) is 4.12. The van der Waals surface area contributed by atoms with Gasteiger partial charge in [0.1, 0.15) is 0 Å². The van der Waals surface area contributed by atoms with Crippen LogP contribution in [0.1, 0.15) is 26.7 Å². The third-order valence-corrected chi connectivity index (χ3v) is 1.72. The van der Waals surface area contributed by atoms with Crippen LogP contribution >= 0.6 is 0 Å². The third kappa shape index (κ3) is 2.87. The van der Waals surface area contributed by atoms with E-state index in [-0.39, 0.29) is 5.78 Å². The summed E-state index contributed by atoms with van der Waals surface area (Å²) in [5.74, 6) is 0.0923. The van der Waals surface area contributed by atoms with Crippen LogP contribution in [0.2, 0.25) is 0 Å². The van der Waals surface area contributed by atoms with Gasteiger partial charge in [0, 0.05) is 12.5 Å². The molecule has 1 radical (unpaired) electrons. The van der Waals surface area contributed by atoms with Crippen molar-refractivity contribution in [2.75, 3.05) is 0 Å². The Bertz CT molecular complexity index is 263. The van der Waals surface area contributed by atoms with Gasteiger partial charge in [0.05, 0.1) is 0 Å². The molecule has 0 saturated carbocycles. The summed E-state index contributed by atoms with van der Waals surface area (Å²) in [5.41, 5.74) is 2.47. The molecule has 0 atom stereocenters. The predicted molar refractivity (Wildman–Crippen MR) is 49.6 cm³/mol. The first kappa shape index (κ1) is 8.98. The lowest BCUT2D eigenvalue weighted by atomic mass is 10.0. The quantitative estimate of drug-likeness (QED) is 0.569. The van der Waals surface area contributed by atoms with E-state index in [9.17, 15) is 4.79 Å². The van der Waals surface area contributed by atoms with Crippen molar-refractivity contribution in [1.29, 1.82) is 0 Å². The van der Waals surface area contributed by atoms with Gasteiger partial charge in [0.25, 0.3) is 0 Å². The Hall–Kier alpha value is -1.11. The summed E-state index contributed by atoms with van der Waals surface area (Å²) in [7, 11) is 0. The Labute approximate surface area is 73.5 Å². The van der Waals surface area contributed by atoms with Gasteiger partial charge in [0.2, 0.25) is 0 Å². The van der Waals surface area contributed by atoms with Crippen molar-refractivity contribution in [3.63, 3.8) is 0 Å². The second-order valence-corrected chi connectivity index (χ2v) is 3.22. The van der Waals surface area contributed by atoms with Crippen LogP contribution in [0, 0.1) is 6.08 Å². The molecule has 0 aromatic rings. The molecule has 0 heterocycles. The van der Waals surface area contributed by atoms with E-state index in [1.807, 2.05) is 6.08 Å². The smallest absolute Gasteiger partial charge is 0.167 e. The lowest BCUT2D eigenvalue weighted by Gasteiger charge is -2.04. The number of allylic oxidation sites excluding steroid dienone is 6.